The third-order valence-electron chi connectivity index (χ3n) is 9.12. The number of amides is 5. The second-order valence-electron chi connectivity index (χ2n) is 15.0. The van der Waals surface area contributed by atoms with Gasteiger partial charge >= 0.3 is 17.9 Å². The lowest BCUT2D eigenvalue weighted by molar-refractivity contribution is -0.660. The molecule has 0 aromatic rings. The normalized spacial score (nSPS) is 20.7. The van der Waals surface area contributed by atoms with Crippen molar-refractivity contribution in [2.75, 3.05) is 39.8 Å². The Bertz CT molecular complexity index is 1140. The van der Waals surface area contributed by atoms with E-state index in [1.165, 1.54) is 6.08 Å². The highest BCUT2D eigenvalue weighted by molar-refractivity contribution is 7.63. The van der Waals surface area contributed by atoms with Crippen molar-refractivity contribution in [3.05, 3.63) is 12.7 Å². The summed E-state index contributed by atoms with van der Waals surface area (Å²) in [5, 5.41) is 10.4. The molecule has 0 spiro atoms. The molecule has 0 aromatic heterocycles. The number of rotatable bonds is 19. The Hall–Kier alpha value is -2.97. The number of carbonyl (C=O) groups is 5. The van der Waals surface area contributed by atoms with Crippen LogP contribution in [0.25, 0.3) is 0 Å². The molecule has 14 heteroatoms. The molecule has 0 radical (unpaired) electrons. The molecule has 2 rings (SSSR count). The van der Waals surface area contributed by atoms with Crippen molar-refractivity contribution in [2.24, 2.45) is 22.7 Å². The summed E-state index contributed by atoms with van der Waals surface area (Å²) in [4.78, 5) is 70.4. The maximum Gasteiger partial charge on any atom is 0.587 e. The Morgan fingerprint density at radius 1 is 1.06 bits per heavy atom. The molecule has 6 N–H and O–H groups in total. The molecule has 47 heavy (non-hydrogen) atoms. The molecule has 1 aliphatic carbocycles. The largest absolute Gasteiger partial charge is 0.587 e. The van der Waals surface area contributed by atoms with Gasteiger partial charge in [-0.2, -0.15) is 0 Å². The van der Waals surface area contributed by atoms with E-state index >= 15 is 0 Å². The van der Waals surface area contributed by atoms with Gasteiger partial charge in [0.25, 0.3) is 5.91 Å². The highest BCUT2D eigenvalue weighted by Gasteiger charge is 2.58. The van der Waals surface area contributed by atoms with Gasteiger partial charge in [0.15, 0.2) is 0 Å². The number of piperidine rings is 1. The summed E-state index contributed by atoms with van der Waals surface area (Å²) in [6.07, 6.45) is 4.82. The number of quaternary nitrogens is 1. The quantitative estimate of drug-likeness (QED) is 0.0442. The smallest absolute Gasteiger partial charge is 0.346 e. The van der Waals surface area contributed by atoms with Gasteiger partial charge in [0.05, 0.1) is 35.9 Å². The standard InChI is InChI=1S/C33H57N7O6S/c1-10-12-14-23(26(41)29(43)35-15-11-2)37-28(42)25-22-18-21(22)20-40(25)30(44)27(33(6,7)8)38-31(45)39(9)24(32(3,4)5)19-34-16-13-17-36-47-46/h11,21-25,27,34H,2,10,12-20H2,1,3-9H3,(H3-,35,36,37,38,42,43,45,46)/p+2/t21-,22-,23?,24+,25-,27+/m0/s1. The van der Waals surface area contributed by atoms with E-state index in [1.807, 2.05) is 27.7 Å². The van der Waals surface area contributed by atoms with E-state index in [1.54, 1.807) is 16.8 Å². The summed E-state index contributed by atoms with van der Waals surface area (Å²) in [7, 11) is 1.73. The molecule has 0 aromatic carbocycles. The summed E-state index contributed by atoms with van der Waals surface area (Å²) in [6, 6.07) is -3.22. The van der Waals surface area contributed by atoms with Crippen LogP contribution in [-0.4, -0.2) is 103 Å². The first kappa shape index (κ1) is 40.2. The van der Waals surface area contributed by atoms with Gasteiger partial charge in [-0.15, -0.1) is 6.58 Å². The number of nitrogens with two attached hydrogens (primary N) is 1. The number of hydrogen-bond acceptors (Lipinski definition) is 6. The minimum atomic E-state index is -0.998. The molecular formula is C33H59N7O6S+2. The molecule has 2 aliphatic rings. The van der Waals surface area contributed by atoms with Crippen LogP contribution in [0.4, 0.5) is 4.79 Å². The molecule has 5 amide bonds. The number of likely N-dealkylation sites (N-methyl/N-ethyl adjacent to an activating group) is 1. The number of unbranched alkanes of at least 4 members (excludes halogenated alkanes) is 1. The predicted octanol–water partition coefficient (Wildman–Crippen LogP) is 0.737. The second kappa shape index (κ2) is 18.0. The molecule has 2 fully saturated rings. The third kappa shape index (κ3) is 11.6. The van der Waals surface area contributed by atoms with Crippen molar-refractivity contribution in [1.82, 2.24) is 30.5 Å². The molecule has 1 heterocycles. The Labute approximate surface area is 284 Å². The summed E-state index contributed by atoms with van der Waals surface area (Å²) in [5.41, 5.74) is -0.916. The fourth-order valence-electron chi connectivity index (χ4n) is 6.28. The van der Waals surface area contributed by atoms with E-state index < -0.39 is 41.1 Å². The Kier molecular flexibility index (Phi) is 15.4. The molecule has 266 valence electrons. The number of nitrogens with zero attached hydrogens (tertiary/aromatic N) is 2. The zero-order valence-electron chi connectivity index (χ0n) is 29.6. The Morgan fingerprint density at radius 3 is 2.32 bits per heavy atom. The topological polar surface area (TPSA) is 174 Å². The van der Waals surface area contributed by atoms with E-state index in [2.05, 4.69) is 53.3 Å². The minimum absolute atomic E-state index is 0.0299. The lowest BCUT2D eigenvalue weighted by atomic mass is 9.84. The third-order valence-corrected chi connectivity index (χ3v) is 9.44. The summed E-state index contributed by atoms with van der Waals surface area (Å²) >= 11 is 0.352. The van der Waals surface area contributed by atoms with Crippen molar-refractivity contribution >= 4 is 41.4 Å². The van der Waals surface area contributed by atoms with Crippen LogP contribution in [0, 0.1) is 22.7 Å². The van der Waals surface area contributed by atoms with E-state index in [0.29, 0.717) is 44.3 Å². The van der Waals surface area contributed by atoms with Gasteiger partial charge < -0.3 is 31.1 Å². The summed E-state index contributed by atoms with van der Waals surface area (Å²) in [6.45, 7) is 19.9. The molecular weight excluding hydrogens is 622 g/mol. The van der Waals surface area contributed by atoms with Crippen LogP contribution >= 0.6 is 0 Å². The van der Waals surface area contributed by atoms with E-state index in [4.69, 9.17) is 0 Å². The monoisotopic (exact) mass is 681 g/mol. The maximum atomic E-state index is 14.2. The van der Waals surface area contributed by atoms with Crippen LogP contribution in [0.3, 0.4) is 0 Å². The molecule has 1 unspecified atom stereocenters. The molecule has 1 aliphatic heterocycles. The van der Waals surface area contributed by atoms with Gasteiger partial charge in [0.2, 0.25) is 17.6 Å². The Balaban J connectivity index is 2.21. The highest BCUT2D eigenvalue weighted by Crippen LogP contribution is 2.50. The van der Waals surface area contributed by atoms with Crippen LogP contribution in [0.5, 0.6) is 0 Å². The average Bonchev–Trinajstić information content (AvgIpc) is 3.66. The summed E-state index contributed by atoms with van der Waals surface area (Å²) in [5.74, 6) is -2.14. The number of hydrogen-bond donors (Lipinski definition) is 5. The zero-order chi connectivity index (χ0) is 35.5. The fraction of sp³-hybridized carbons (Fsp3) is 0.788. The van der Waals surface area contributed by atoms with Gasteiger partial charge in [0.1, 0.15) is 12.1 Å². The van der Waals surface area contributed by atoms with Crippen molar-refractivity contribution in [1.29, 1.82) is 0 Å². The molecule has 1 saturated heterocycles. The maximum absolute atomic E-state index is 14.2. The second-order valence-corrected chi connectivity index (χ2v) is 15.5. The van der Waals surface area contributed by atoms with Crippen molar-refractivity contribution < 1.29 is 33.5 Å². The fourth-order valence-corrected chi connectivity index (χ4v) is 6.51. The molecule has 0 bridgehead atoms. The lowest BCUT2D eigenvalue weighted by Crippen LogP contribution is -2.88. The number of likely N-dealkylation sites (tertiary alicyclic amines) is 1. The molecule has 6 atom stereocenters. The summed E-state index contributed by atoms with van der Waals surface area (Å²) < 4.78 is 13.2. The van der Waals surface area contributed by atoms with Gasteiger partial charge in [-0.1, -0.05) is 67.4 Å². The first-order chi connectivity index (χ1) is 22.0. The van der Waals surface area contributed by atoms with Crippen molar-refractivity contribution in [3.63, 3.8) is 0 Å². The first-order valence-corrected chi connectivity index (χ1v) is 17.6. The first-order valence-electron chi connectivity index (χ1n) is 16.9. The van der Waals surface area contributed by atoms with Crippen LogP contribution in [0.15, 0.2) is 12.7 Å². The minimum Gasteiger partial charge on any atom is -0.346 e. The van der Waals surface area contributed by atoms with Crippen LogP contribution in [-0.2, 0) is 35.2 Å². The average molecular weight is 682 g/mol. The number of Topliss-reactive ketones (excluding diaryl/α,β-unsaturated/α-hetero) is 1. The zero-order valence-corrected chi connectivity index (χ0v) is 30.5. The predicted molar refractivity (Wildman–Crippen MR) is 182 cm³/mol. The van der Waals surface area contributed by atoms with E-state index in [9.17, 15) is 28.2 Å². The highest BCUT2D eigenvalue weighted by atomic mass is 32.2. The molecule has 1 saturated carbocycles. The SMILES string of the molecule is C=CCNC(=O)C(=O)C(CCCC)NC(=O)[C@@H]1[C@H]2C[C@H]2CN1C(=O)[C@@H](NC(=O)N(C)[C@H](C[NH2+]CCCN[S+]=O)C(C)(C)C)C(C)(C)C. The number of nitrogens with one attached hydrogen (secondary N) is 4. The van der Waals surface area contributed by atoms with Crippen LogP contribution in [0.2, 0.25) is 0 Å². The van der Waals surface area contributed by atoms with E-state index in [0.717, 1.165) is 25.8 Å². The number of urea groups is 1. The van der Waals surface area contributed by atoms with Crippen LogP contribution < -0.4 is 26.0 Å². The number of fused-ring (bicyclic) bond motifs is 1. The lowest BCUT2D eigenvalue weighted by Gasteiger charge is -2.40. The molecule has 13 nitrogen and oxygen atoms in total. The van der Waals surface area contributed by atoms with Gasteiger partial charge in [-0.3, -0.25) is 19.2 Å². The van der Waals surface area contributed by atoms with Crippen molar-refractivity contribution in [3.8, 4) is 0 Å². The van der Waals surface area contributed by atoms with E-state index in [-0.39, 0.29) is 41.8 Å². The van der Waals surface area contributed by atoms with Crippen LogP contribution in [0.1, 0.15) is 80.6 Å². The number of ketones is 1. The van der Waals surface area contributed by atoms with Gasteiger partial charge in [-0.05, 0) is 40.2 Å². The van der Waals surface area contributed by atoms with Gasteiger partial charge in [-0.25, -0.2) is 4.79 Å². The number of carbonyl (C=O) groups excluding carboxylic acids is 5. The Morgan fingerprint density at radius 2 is 1.74 bits per heavy atom. The van der Waals surface area contributed by atoms with Gasteiger partial charge in [0, 0.05) is 26.6 Å². The van der Waals surface area contributed by atoms with Crippen molar-refractivity contribution in [2.45, 2.75) is 105 Å².